The van der Waals surface area contributed by atoms with Crippen LogP contribution in [0.3, 0.4) is 0 Å². The van der Waals surface area contributed by atoms with Crippen molar-refractivity contribution < 1.29 is 0 Å². The number of hydrogen-bond acceptors (Lipinski definition) is 3. The summed E-state index contributed by atoms with van der Waals surface area (Å²) in [4.78, 5) is 8.67. The van der Waals surface area contributed by atoms with Gasteiger partial charge in [0.2, 0.25) is 0 Å². The van der Waals surface area contributed by atoms with Gasteiger partial charge in [-0.2, -0.15) is 0 Å². The molecular formula is C13H14ClN3. The number of nitrogens with two attached hydrogens (primary N) is 1. The number of halogens is 1. The minimum atomic E-state index is 0.489. The third-order valence-corrected chi connectivity index (χ3v) is 3.00. The number of nitrogens with zero attached hydrogens (tertiary/aromatic N) is 2. The molecule has 0 atom stereocenters. The van der Waals surface area contributed by atoms with Crippen molar-refractivity contribution in [2.24, 2.45) is 0 Å². The van der Waals surface area contributed by atoms with E-state index in [1.54, 1.807) is 6.07 Å². The summed E-state index contributed by atoms with van der Waals surface area (Å²) >= 11 is 6.09. The van der Waals surface area contributed by atoms with E-state index < -0.39 is 0 Å². The molecule has 1 aromatic heterocycles. The predicted molar refractivity (Wildman–Crippen MR) is 71.0 cm³/mol. The van der Waals surface area contributed by atoms with Crippen LogP contribution in [0, 0.1) is 6.92 Å². The van der Waals surface area contributed by atoms with Gasteiger partial charge in [-0.25, -0.2) is 9.97 Å². The average molecular weight is 248 g/mol. The van der Waals surface area contributed by atoms with Crippen molar-refractivity contribution in [2.45, 2.75) is 20.3 Å². The van der Waals surface area contributed by atoms with Crippen molar-refractivity contribution in [3.05, 3.63) is 40.5 Å². The monoisotopic (exact) mass is 247 g/mol. The summed E-state index contributed by atoms with van der Waals surface area (Å²) in [5, 5.41) is 0.714. The molecule has 0 amide bonds. The number of hydrogen-bond donors (Lipinski definition) is 1. The molecule has 2 rings (SSSR count). The molecule has 0 unspecified atom stereocenters. The highest BCUT2D eigenvalue weighted by Crippen LogP contribution is 2.23. The van der Waals surface area contributed by atoms with E-state index in [1.165, 1.54) is 0 Å². The van der Waals surface area contributed by atoms with Gasteiger partial charge in [0.1, 0.15) is 5.82 Å². The molecule has 4 heteroatoms. The van der Waals surface area contributed by atoms with Crippen LogP contribution in [0.25, 0.3) is 11.4 Å². The fraction of sp³-hybridized carbons (Fsp3) is 0.231. The fourth-order valence-electron chi connectivity index (χ4n) is 1.56. The molecule has 3 nitrogen and oxygen atoms in total. The Labute approximate surface area is 106 Å². The first-order chi connectivity index (χ1) is 8.10. The molecule has 0 aliphatic carbocycles. The van der Waals surface area contributed by atoms with Crippen molar-refractivity contribution in [1.29, 1.82) is 0 Å². The van der Waals surface area contributed by atoms with Gasteiger partial charge in [0.05, 0.1) is 0 Å². The van der Waals surface area contributed by atoms with E-state index in [1.807, 2.05) is 32.0 Å². The third-order valence-electron chi connectivity index (χ3n) is 2.59. The summed E-state index contributed by atoms with van der Waals surface area (Å²) in [6, 6.07) is 7.57. The van der Waals surface area contributed by atoms with Gasteiger partial charge >= 0.3 is 0 Å². The number of benzene rings is 1. The largest absolute Gasteiger partial charge is 0.384 e. The van der Waals surface area contributed by atoms with Gasteiger partial charge in [-0.1, -0.05) is 30.7 Å². The van der Waals surface area contributed by atoms with Gasteiger partial charge in [-0.15, -0.1) is 0 Å². The summed E-state index contributed by atoms with van der Waals surface area (Å²) in [6.45, 7) is 4.00. The van der Waals surface area contributed by atoms with Crippen LogP contribution in [0.2, 0.25) is 5.02 Å². The Morgan fingerprint density at radius 2 is 2.00 bits per heavy atom. The quantitative estimate of drug-likeness (QED) is 0.886. The second-order valence-electron chi connectivity index (χ2n) is 3.93. The number of aryl methyl sites for hydroxylation is 2. The zero-order chi connectivity index (χ0) is 12.4. The molecule has 2 aromatic rings. The van der Waals surface area contributed by atoms with Crippen LogP contribution in [-0.2, 0) is 6.42 Å². The summed E-state index contributed by atoms with van der Waals surface area (Å²) < 4.78 is 0. The van der Waals surface area contributed by atoms with Crippen LogP contribution in [0.5, 0.6) is 0 Å². The van der Waals surface area contributed by atoms with Gasteiger partial charge < -0.3 is 5.73 Å². The number of anilines is 1. The van der Waals surface area contributed by atoms with Crippen LogP contribution in [0.4, 0.5) is 5.82 Å². The highest BCUT2D eigenvalue weighted by atomic mass is 35.5. The maximum Gasteiger partial charge on any atom is 0.161 e. The van der Waals surface area contributed by atoms with Gasteiger partial charge in [-0.05, 0) is 25.0 Å². The summed E-state index contributed by atoms with van der Waals surface area (Å²) in [5.74, 6) is 1.12. The Bertz CT molecular complexity index is 552. The first-order valence-corrected chi connectivity index (χ1v) is 5.88. The fourth-order valence-corrected chi connectivity index (χ4v) is 1.74. The van der Waals surface area contributed by atoms with Crippen LogP contribution in [0.15, 0.2) is 24.3 Å². The molecule has 17 heavy (non-hydrogen) atoms. The highest BCUT2D eigenvalue weighted by molar-refractivity contribution is 6.31. The molecule has 0 aliphatic heterocycles. The normalized spacial score (nSPS) is 10.5. The smallest absolute Gasteiger partial charge is 0.161 e. The third kappa shape index (κ3) is 2.56. The van der Waals surface area contributed by atoms with E-state index in [9.17, 15) is 0 Å². The van der Waals surface area contributed by atoms with Crippen molar-refractivity contribution >= 4 is 17.4 Å². The number of aromatic nitrogens is 2. The molecule has 0 aliphatic rings. The zero-order valence-corrected chi connectivity index (χ0v) is 10.6. The van der Waals surface area contributed by atoms with Gasteiger partial charge in [0.25, 0.3) is 0 Å². The second-order valence-corrected chi connectivity index (χ2v) is 4.33. The number of nitrogen functional groups attached to an aromatic ring is 1. The molecular weight excluding hydrogens is 234 g/mol. The molecule has 1 heterocycles. The van der Waals surface area contributed by atoms with E-state index in [0.29, 0.717) is 16.7 Å². The molecule has 0 fully saturated rings. The van der Waals surface area contributed by atoms with Gasteiger partial charge in [0, 0.05) is 22.3 Å². The summed E-state index contributed by atoms with van der Waals surface area (Å²) in [7, 11) is 0. The molecule has 0 spiro atoms. The Morgan fingerprint density at radius 1 is 1.24 bits per heavy atom. The standard InChI is InChI=1S/C13H14ClN3/c1-3-10-7-12(15)17-13(16-10)9-5-4-8(2)11(14)6-9/h4-7H,3H2,1-2H3,(H2,15,16,17). The molecule has 0 bridgehead atoms. The summed E-state index contributed by atoms with van der Waals surface area (Å²) in [5.41, 5.74) is 8.62. The van der Waals surface area contributed by atoms with Crippen LogP contribution < -0.4 is 5.73 Å². The number of rotatable bonds is 2. The van der Waals surface area contributed by atoms with E-state index in [2.05, 4.69) is 9.97 Å². The minimum absolute atomic E-state index is 0.489. The van der Waals surface area contributed by atoms with Crippen molar-refractivity contribution in [3.8, 4) is 11.4 Å². The van der Waals surface area contributed by atoms with Crippen LogP contribution >= 0.6 is 11.6 Å². The Kier molecular flexibility index (Phi) is 3.29. The zero-order valence-electron chi connectivity index (χ0n) is 9.87. The van der Waals surface area contributed by atoms with E-state index in [4.69, 9.17) is 17.3 Å². The lowest BCUT2D eigenvalue weighted by Gasteiger charge is -2.06. The highest BCUT2D eigenvalue weighted by Gasteiger charge is 2.06. The molecule has 0 saturated heterocycles. The first-order valence-electron chi connectivity index (χ1n) is 5.50. The van der Waals surface area contributed by atoms with E-state index >= 15 is 0 Å². The van der Waals surface area contributed by atoms with Crippen molar-refractivity contribution in [2.75, 3.05) is 5.73 Å². The Balaban J connectivity index is 2.52. The Morgan fingerprint density at radius 3 is 2.65 bits per heavy atom. The Hall–Kier alpha value is -1.61. The van der Waals surface area contributed by atoms with Crippen LogP contribution in [-0.4, -0.2) is 9.97 Å². The maximum absolute atomic E-state index is 6.09. The molecule has 1 aromatic carbocycles. The van der Waals surface area contributed by atoms with Crippen molar-refractivity contribution in [1.82, 2.24) is 9.97 Å². The average Bonchev–Trinajstić information content (AvgIpc) is 2.32. The maximum atomic E-state index is 6.09. The molecule has 88 valence electrons. The molecule has 0 saturated carbocycles. The first kappa shape index (κ1) is 11.9. The van der Waals surface area contributed by atoms with E-state index in [0.717, 1.165) is 23.2 Å². The molecule has 0 radical (unpaired) electrons. The van der Waals surface area contributed by atoms with Crippen molar-refractivity contribution in [3.63, 3.8) is 0 Å². The minimum Gasteiger partial charge on any atom is -0.384 e. The lowest BCUT2D eigenvalue weighted by Crippen LogP contribution is -1.99. The van der Waals surface area contributed by atoms with Crippen LogP contribution in [0.1, 0.15) is 18.2 Å². The van der Waals surface area contributed by atoms with E-state index in [-0.39, 0.29) is 0 Å². The van der Waals surface area contributed by atoms with Gasteiger partial charge in [0.15, 0.2) is 5.82 Å². The van der Waals surface area contributed by atoms with Gasteiger partial charge in [-0.3, -0.25) is 0 Å². The lowest BCUT2D eigenvalue weighted by atomic mass is 10.1. The summed E-state index contributed by atoms with van der Waals surface area (Å²) in [6.07, 6.45) is 0.833. The topological polar surface area (TPSA) is 51.8 Å². The SMILES string of the molecule is CCc1cc(N)nc(-c2ccc(C)c(Cl)c2)n1. The molecule has 2 N–H and O–H groups in total. The predicted octanol–water partition coefficient (Wildman–Crippen LogP) is 3.25. The lowest BCUT2D eigenvalue weighted by molar-refractivity contribution is 1.01. The second kappa shape index (κ2) is 4.72.